The molecule has 0 aromatic carbocycles. The number of carbonyl (C=O) groups is 3. The Labute approximate surface area is 81.2 Å². The third-order valence-electron chi connectivity index (χ3n) is 1.14. The van der Waals surface area contributed by atoms with Gasteiger partial charge in [-0.05, 0) is 0 Å². The zero-order valence-corrected chi connectivity index (χ0v) is 8.54. The first-order valence-electron chi connectivity index (χ1n) is 3.59. The Bertz CT molecular complexity index is 341. The Morgan fingerprint density at radius 1 is 1.43 bits per heavy atom. The van der Waals surface area contributed by atoms with Crippen LogP contribution in [0.25, 0.3) is 0 Å². The van der Waals surface area contributed by atoms with Gasteiger partial charge in [-0.2, -0.15) is 0 Å². The molecule has 0 aromatic rings. The van der Waals surface area contributed by atoms with Crippen LogP contribution in [0.2, 0.25) is 0 Å². The number of hydrogen-bond acceptors (Lipinski definition) is 6. The van der Waals surface area contributed by atoms with E-state index in [1.165, 1.54) is 0 Å². The van der Waals surface area contributed by atoms with Gasteiger partial charge in [0.05, 0.1) is 0 Å². The zero-order chi connectivity index (χ0) is 11.4. The minimum absolute atomic E-state index is 0.0922. The first-order valence-corrected chi connectivity index (χ1v) is 5.65. The van der Waals surface area contributed by atoms with Gasteiger partial charge in [-0.25, -0.2) is 8.42 Å². The van der Waals surface area contributed by atoms with E-state index in [9.17, 15) is 22.8 Å². The van der Waals surface area contributed by atoms with E-state index in [-0.39, 0.29) is 6.29 Å². The van der Waals surface area contributed by atoms with E-state index in [0.29, 0.717) is 0 Å². The maximum absolute atomic E-state index is 11.0. The molecule has 0 spiro atoms. The van der Waals surface area contributed by atoms with E-state index >= 15 is 0 Å². The maximum atomic E-state index is 11.0. The van der Waals surface area contributed by atoms with E-state index < -0.39 is 33.4 Å². The molecule has 0 aliphatic carbocycles. The Morgan fingerprint density at radius 3 is 2.21 bits per heavy atom. The maximum Gasteiger partial charge on any atom is 0.303 e. The number of ether oxygens (including phenoxy) is 1. The number of rotatable bonds is 5. The van der Waals surface area contributed by atoms with Crippen LogP contribution in [-0.4, -0.2) is 44.6 Å². The van der Waals surface area contributed by atoms with Crippen molar-refractivity contribution in [1.29, 1.82) is 0 Å². The lowest BCUT2D eigenvalue weighted by Crippen LogP contribution is -2.32. The van der Waals surface area contributed by atoms with E-state index in [0.717, 1.165) is 13.2 Å². The van der Waals surface area contributed by atoms with Crippen LogP contribution in [-0.2, 0) is 29.0 Å². The third kappa shape index (κ3) is 5.41. The van der Waals surface area contributed by atoms with Crippen LogP contribution >= 0.6 is 0 Å². The average Bonchev–Trinajstić information content (AvgIpc) is 1.96. The third-order valence-corrected chi connectivity index (χ3v) is 1.95. The lowest BCUT2D eigenvalue weighted by molar-refractivity contribution is -0.154. The van der Waals surface area contributed by atoms with Crippen molar-refractivity contribution >= 4 is 27.9 Å². The summed E-state index contributed by atoms with van der Waals surface area (Å²) in [6, 6.07) is 0. The molecule has 14 heavy (non-hydrogen) atoms. The van der Waals surface area contributed by atoms with E-state index in [2.05, 4.69) is 4.74 Å². The van der Waals surface area contributed by atoms with Crippen LogP contribution in [0.4, 0.5) is 0 Å². The summed E-state index contributed by atoms with van der Waals surface area (Å²) in [7, 11) is -3.51. The van der Waals surface area contributed by atoms with Gasteiger partial charge in [0.15, 0.2) is 21.9 Å². The summed E-state index contributed by atoms with van der Waals surface area (Å²) in [5.74, 6) is -2.58. The fraction of sp³-hybridized carbons (Fsp3) is 0.571. The van der Waals surface area contributed by atoms with Gasteiger partial charge in [-0.3, -0.25) is 14.4 Å². The van der Waals surface area contributed by atoms with Crippen LogP contribution in [0.5, 0.6) is 0 Å². The predicted octanol–water partition coefficient (Wildman–Crippen LogP) is -1.27. The highest BCUT2D eigenvalue weighted by Crippen LogP contribution is 1.95. The molecule has 80 valence electrons. The van der Waals surface area contributed by atoms with Crippen molar-refractivity contribution in [3.63, 3.8) is 0 Å². The van der Waals surface area contributed by atoms with Crippen LogP contribution in [0.3, 0.4) is 0 Å². The molecule has 0 saturated heterocycles. The second-order valence-corrected chi connectivity index (χ2v) is 4.84. The normalized spacial score (nSPS) is 13.0. The molecule has 0 heterocycles. The van der Waals surface area contributed by atoms with Crippen LogP contribution < -0.4 is 0 Å². The largest absolute Gasteiger partial charge is 0.447 e. The molecule has 6 nitrogen and oxygen atoms in total. The highest BCUT2D eigenvalue weighted by atomic mass is 32.2. The fourth-order valence-corrected chi connectivity index (χ4v) is 1.37. The van der Waals surface area contributed by atoms with Crippen LogP contribution in [0, 0.1) is 0 Å². The van der Waals surface area contributed by atoms with E-state index in [4.69, 9.17) is 0 Å². The number of carbonyl (C=O) groups excluding carboxylic acids is 3. The lowest BCUT2D eigenvalue weighted by Gasteiger charge is -2.07. The Kier molecular flexibility index (Phi) is 4.42. The molecule has 0 radical (unpaired) electrons. The zero-order valence-electron chi connectivity index (χ0n) is 7.72. The summed E-state index contributed by atoms with van der Waals surface area (Å²) in [4.78, 5) is 31.7. The molecule has 0 bridgehead atoms. The van der Waals surface area contributed by atoms with Gasteiger partial charge in [-0.15, -0.1) is 0 Å². The highest BCUT2D eigenvalue weighted by molar-refractivity contribution is 7.91. The number of esters is 1. The molecule has 0 aliphatic rings. The van der Waals surface area contributed by atoms with Crippen molar-refractivity contribution in [3.05, 3.63) is 0 Å². The second-order valence-electron chi connectivity index (χ2n) is 2.70. The molecule has 0 saturated carbocycles. The van der Waals surface area contributed by atoms with E-state index in [1.54, 1.807) is 0 Å². The van der Waals surface area contributed by atoms with Crippen LogP contribution in [0.1, 0.15) is 6.92 Å². The quantitative estimate of drug-likeness (QED) is 0.327. The topological polar surface area (TPSA) is 94.6 Å². The minimum atomic E-state index is -3.51. The predicted molar refractivity (Wildman–Crippen MR) is 46.3 cm³/mol. The van der Waals surface area contributed by atoms with Crippen molar-refractivity contribution in [1.82, 2.24) is 0 Å². The summed E-state index contributed by atoms with van der Waals surface area (Å²) < 4.78 is 25.6. The fourth-order valence-electron chi connectivity index (χ4n) is 0.689. The Morgan fingerprint density at radius 2 is 1.93 bits per heavy atom. The number of Topliss-reactive ketones (excluding diaryl/α,β-unsaturated/α-hetero) is 1. The van der Waals surface area contributed by atoms with E-state index in [1.807, 2.05) is 0 Å². The molecule has 1 atom stereocenters. The molecule has 1 unspecified atom stereocenters. The standard InChI is InChI=1S/C7H10O6S/c1-5(9)13-7(3-8)6(10)4-14(2,11)12/h3,7H,4H2,1-2H3. The molecule has 0 fully saturated rings. The molecular weight excluding hydrogens is 212 g/mol. The summed E-state index contributed by atoms with van der Waals surface area (Å²) in [5.41, 5.74) is 0. The van der Waals surface area contributed by atoms with Crippen molar-refractivity contribution in [2.75, 3.05) is 12.0 Å². The Hall–Kier alpha value is -1.24. The number of sulfone groups is 1. The van der Waals surface area contributed by atoms with Gasteiger partial charge in [0.2, 0.25) is 6.10 Å². The summed E-state index contributed by atoms with van der Waals surface area (Å²) in [5, 5.41) is 0. The average molecular weight is 222 g/mol. The number of hydrogen-bond donors (Lipinski definition) is 0. The molecule has 0 amide bonds. The monoisotopic (exact) mass is 222 g/mol. The first kappa shape index (κ1) is 12.8. The molecule has 0 aliphatic heterocycles. The molecule has 0 N–H and O–H groups in total. The molecule has 7 heteroatoms. The van der Waals surface area contributed by atoms with Gasteiger partial charge >= 0.3 is 5.97 Å². The Balaban J connectivity index is 4.48. The molecule has 0 aromatic heterocycles. The van der Waals surface area contributed by atoms with Crippen molar-refractivity contribution in [2.45, 2.75) is 13.0 Å². The first-order chi connectivity index (χ1) is 6.26. The van der Waals surface area contributed by atoms with Gasteiger partial charge in [0.1, 0.15) is 5.75 Å². The lowest BCUT2D eigenvalue weighted by atomic mass is 10.3. The van der Waals surface area contributed by atoms with Gasteiger partial charge in [0, 0.05) is 13.2 Å². The minimum Gasteiger partial charge on any atom is -0.447 e. The second kappa shape index (κ2) is 4.85. The highest BCUT2D eigenvalue weighted by Gasteiger charge is 2.23. The molecular formula is C7H10O6S. The summed E-state index contributed by atoms with van der Waals surface area (Å²) in [6.45, 7) is 1.02. The molecule has 0 rings (SSSR count). The number of ketones is 1. The van der Waals surface area contributed by atoms with Gasteiger partial charge in [0.25, 0.3) is 0 Å². The summed E-state index contributed by atoms with van der Waals surface area (Å²) >= 11 is 0. The van der Waals surface area contributed by atoms with Crippen molar-refractivity contribution in [2.24, 2.45) is 0 Å². The SMILES string of the molecule is CC(=O)OC(C=O)C(=O)CS(C)(=O)=O. The summed E-state index contributed by atoms with van der Waals surface area (Å²) in [6.07, 6.45) is -0.683. The van der Waals surface area contributed by atoms with Crippen LogP contribution in [0.15, 0.2) is 0 Å². The van der Waals surface area contributed by atoms with Gasteiger partial charge in [-0.1, -0.05) is 0 Å². The van der Waals surface area contributed by atoms with Crippen molar-refractivity contribution < 1.29 is 27.5 Å². The smallest absolute Gasteiger partial charge is 0.303 e. The van der Waals surface area contributed by atoms with Gasteiger partial charge < -0.3 is 4.74 Å². The van der Waals surface area contributed by atoms with Crippen molar-refractivity contribution in [3.8, 4) is 0 Å². The number of aldehydes is 1.